The highest BCUT2D eigenvalue weighted by Crippen LogP contribution is 2.44. The van der Waals surface area contributed by atoms with Crippen LogP contribution in [0.2, 0.25) is 0 Å². The van der Waals surface area contributed by atoms with E-state index in [0.717, 1.165) is 41.5 Å². The third-order valence-electron chi connectivity index (χ3n) is 6.82. The van der Waals surface area contributed by atoms with Gasteiger partial charge in [0.2, 0.25) is 5.91 Å². The molecule has 8 heteroatoms. The van der Waals surface area contributed by atoms with Gasteiger partial charge in [-0.25, -0.2) is 9.59 Å². The first kappa shape index (κ1) is 23.8. The van der Waals surface area contributed by atoms with Crippen LogP contribution in [0.5, 0.6) is 0 Å². The second kappa shape index (κ2) is 10.3. The van der Waals surface area contributed by atoms with Crippen molar-refractivity contribution in [3.8, 4) is 11.1 Å². The Morgan fingerprint density at radius 1 is 1.03 bits per heavy atom. The largest absolute Gasteiger partial charge is 0.480 e. The van der Waals surface area contributed by atoms with Gasteiger partial charge in [-0.15, -0.1) is 0 Å². The van der Waals surface area contributed by atoms with E-state index in [1.54, 1.807) is 0 Å². The van der Waals surface area contributed by atoms with Crippen LogP contribution in [0.1, 0.15) is 49.7 Å². The molecule has 0 spiro atoms. The number of amides is 2. The standard InChI is InChI=1S/C26H30N2O6/c1-15(29)24(25(31)32)28-23(30)13-16-7-6-12-22(16)27-26(33)34-14-21-19-10-4-2-8-17(19)18-9-3-5-11-20(18)21/h2-5,8-11,15-16,21-22,24,29H,6-7,12-14H2,1H3,(H,27,33)(H,28,30)(H,31,32)/t15-,16+,22-,24+/m1/s1. The predicted octanol–water partition coefficient (Wildman–Crippen LogP) is 3.03. The Balaban J connectivity index is 1.33. The van der Waals surface area contributed by atoms with Crippen LogP contribution in [0, 0.1) is 5.92 Å². The van der Waals surface area contributed by atoms with Crippen LogP contribution in [0.25, 0.3) is 11.1 Å². The Morgan fingerprint density at radius 2 is 1.65 bits per heavy atom. The van der Waals surface area contributed by atoms with Crippen molar-refractivity contribution >= 4 is 18.0 Å². The number of aliphatic carboxylic acids is 1. The van der Waals surface area contributed by atoms with E-state index in [4.69, 9.17) is 9.84 Å². The summed E-state index contributed by atoms with van der Waals surface area (Å²) >= 11 is 0. The summed E-state index contributed by atoms with van der Waals surface area (Å²) in [5.74, 6) is -1.90. The molecule has 0 radical (unpaired) electrons. The monoisotopic (exact) mass is 466 g/mol. The number of carbonyl (C=O) groups is 3. The molecule has 0 unspecified atom stereocenters. The van der Waals surface area contributed by atoms with E-state index in [1.807, 2.05) is 24.3 Å². The molecule has 2 aromatic rings. The number of fused-ring (bicyclic) bond motifs is 3. The molecular formula is C26H30N2O6. The van der Waals surface area contributed by atoms with E-state index in [2.05, 4.69) is 34.9 Å². The van der Waals surface area contributed by atoms with Gasteiger partial charge in [-0.2, -0.15) is 0 Å². The van der Waals surface area contributed by atoms with Crippen molar-refractivity contribution in [2.24, 2.45) is 5.92 Å². The number of carboxylic acid groups (broad SMARTS) is 1. The lowest BCUT2D eigenvalue weighted by Crippen LogP contribution is -2.48. The van der Waals surface area contributed by atoms with E-state index in [1.165, 1.54) is 6.92 Å². The lowest BCUT2D eigenvalue weighted by Gasteiger charge is -2.23. The van der Waals surface area contributed by atoms with Crippen LogP contribution >= 0.6 is 0 Å². The van der Waals surface area contributed by atoms with Crippen molar-refractivity contribution in [3.05, 3.63) is 59.7 Å². The molecule has 0 aliphatic heterocycles. The Bertz CT molecular complexity index is 1020. The Morgan fingerprint density at radius 3 is 2.24 bits per heavy atom. The fraction of sp³-hybridized carbons (Fsp3) is 0.423. The summed E-state index contributed by atoms with van der Waals surface area (Å²) in [6.45, 7) is 1.53. The van der Waals surface area contributed by atoms with Gasteiger partial charge in [-0.1, -0.05) is 55.0 Å². The minimum Gasteiger partial charge on any atom is -0.480 e. The van der Waals surface area contributed by atoms with Gasteiger partial charge in [0.1, 0.15) is 6.61 Å². The summed E-state index contributed by atoms with van der Waals surface area (Å²) < 4.78 is 5.62. The zero-order chi connectivity index (χ0) is 24.2. The normalized spacial score (nSPS) is 20.6. The molecule has 8 nitrogen and oxygen atoms in total. The fourth-order valence-electron chi connectivity index (χ4n) is 5.12. The average molecular weight is 467 g/mol. The maximum atomic E-state index is 12.6. The van der Waals surface area contributed by atoms with Gasteiger partial charge in [-0.3, -0.25) is 4.79 Å². The second-order valence-electron chi connectivity index (χ2n) is 9.10. The highest BCUT2D eigenvalue weighted by molar-refractivity contribution is 5.84. The van der Waals surface area contributed by atoms with Crippen LogP contribution < -0.4 is 10.6 Å². The molecule has 0 saturated heterocycles. The number of hydrogen-bond donors (Lipinski definition) is 4. The third-order valence-corrected chi connectivity index (χ3v) is 6.82. The highest BCUT2D eigenvalue weighted by atomic mass is 16.5. The molecule has 1 saturated carbocycles. The molecule has 4 N–H and O–H groups in total. The average Bonchev–Trinajstić information content (AvgIpc) is 3.37. The maximum absolute atomic E-state index is 12.6. The first-order chi connectivity index (χ1) is 16.3. The zero-order valence-electron chi connectivity index (χ0n) is 19.1. The van der Waals surface area contributed by atoms with Crippen molar-refractivity contribution in [3.63, 3.8) is 0 Å². The van der Waals surface area contributed by atoms with Gasteiger partial charge < -0.3 is 25.6 Å². The second-order valence-corrected chi connectivity index (χ2v) is 9.10. The van der Waals surface area contributed by atoms with Crippen molar-refractivity contribution in [2.45, 2.75) is 56.7 Å². The number of nitrogens with one attached hydrogen (secondary N) is 2. The first-order valence-electron chi connectivity index (χ1n) is 11.7. The summed E-state index contributed by atoms with van der Waals surface area (Å²) in [6, 6.07) is 14.7. The Kier molecular flexibility index (Phi) is 7.17. The third kappa shape index (κ3) is 5.07. The molecule has 2 amide bonds. The van der Waals surface area contributed by atoms with Gasteiger partial charge in [0, 0.05) is 18.4 Å². The molecule has 34 heavy (non-hydrogen) atoms. The van der Waals surface area contributed by atoms with Gasteiger partial charge in [0.05, 0.1) is 6.10 Å². The molecule has 0 aromatic heterocycles. The van der Waals surface area contributed by atoms with Crippen molar-refractivity contribution in [2.75, 3.05) is 6.61 Å². The van der Waals surface area contributed by atoms with Gasteiger partial charge in [0.15, 0.2) is 6.04 Å². The molecule has 180 valence electrons. The lowest BCUT2D eigenvalue weighted by molar-refractivity contribution is -0.144. The van der Waals surface area contributed by atoms with Crippen LogP contribution in [0.4, 0.5) is 4.79 Å². The number of ether oxygens (including phenoxy) is 1. The Hall–Kier alpha value is -3.39. The van der Waals surface area contributed by atoms with Crippen LogP contribution in [-0.2, 0) is 14.3 Å². The molecule has 2 aliphatic rings. The van der Waals surface area contributed by atoms with Gasteiger partial charge in [-0.05, 0) is 47.9 Å². The number of carboxylic acids is 1. The molecule has 4 rings (SSSR count). The highest BCUT2D eigenvalue weighted by Gasteiger charge is 2.34. The minimum absolute atomic E-state index is 0.0308. The van der Waals surface area contributed by atoms with E-state index >= 15 is 0 Å². The lowest BCUT2D eigenvalue weighted by atomic mass is 9.98. The summed E-state index contributed by atoms with van der Waals surface area (Å²) in [6.07, 6.45) is 0.664. The van der Waals surface area contributed by atoms with E-state index in [-0.39, 0.29) is 30.9 Å². The number of aliphatic hydroxyl groups is 1. The number of aliphatic hydroxyl groups excluding tert-OH is 1. The molecular weight excluding hydrogens is 436 g/mol. The van der Waals surface area contributed by atoms with Crippen LogP contribution in [0.15, 0.2) is 48.5 Å². The summed E-state index contributed by atoms with van der Waals surface area (Å²) in [7, 11) is 0. The summed E-state index contributed by atoms with van der Waals surface area (Å²) in [5.41, 5.74) is 4.59. The van der Waals surface area contributed by atoms with E-state index in [9.17, 15) is 19.5 Å². The molecule has 1 fully saturated rings. The Labute approximate surface area is 198 Å². The fourth-order valence-corrected chi connectivity index (χ4v) is 5.12. The number of hydrogen-bond acceptors (Lipinski definition) is 5. The topological polar surface area (TPSA) is 125 Å². The maximum Gasteiger partial charge on any atom is 0.407 e. The quantitative estimate of drug-likeness (QED) is 0.474. The molecule has 0 bridgehead atoms. The summed E-state index contributed by atoms with van der Waals surface area (Å²) in [4.78, 5) is 36.2. The van der Waals surface area contributed by atoms with Crippen molar-refractivity contribution < 1.29 is 29.3 Å². The number of alkyl carbamates (subject to hydrolysis) is 1. The molecule has 2 aliphatic carbocycles. The number of benzene rings is 2. The number of carbonyl (C=O) groups excluding carboxylic acids is 2. The smallest absolute Gasteiger partial charge is 0.407 e. The van der Waals surface area contributed by atoms with E-state index in [0.29, 0.717) is 0 Å². The van der Waals surface area contributed by atoms with Crippen LogP contribution in [-0.4, -0.2) is 53.0 Å². The van der Waals surface area contributed by atoms with Crippen molar-refractivity contribution in [1.82, 2.24) is 10.6 Å². The predicted molar refractivity (Wildman–Crippen MR) is 125 cm³/mol. The zero-order valence-corrected chi connectivity index (χ0v) is 19.1. The SMILES string of the molecule is C[C@@H](O)[C@H](NC(=O)C[C@@H]1CCC[C@H]1NC(=O)OCC1c2ccccc2-c2ccccc21)C(=O)O. The van der Waals surface area contributed by atoms with E-state index < -0.39 is 30.1 Å². The van der Waals surface area contributed by atoms with Gasteiger partial charge >= 0.3 is 12.1 Å². The minimum atomic E-state index is -1.36. The van der Waals surface area contributed by atoms with Crippen LogP contribution in [0.3, 0.4) is 0 Å². The first-order valence-corrected chi connectivity index (χ1v) is 11.7. The van der Waals surface area contributed by atoms with Gasteiger partial charge in [0.25, 0.3) is 0 Å². The molecule has 4 atom stereocenters. The number of rotatable bonds is 8. The molecule has 2 aromatic carbocycles. The van der Waals surface area contributed by atoms with Crippen molar-refractivity contribution in [1.29, 1.82) is 0 Å². The summed E-state index contributed by atoms with van der Waals surface area (Å²) in [5, 5.41) is 24.0. The molecule has 0 heterocycles.